The van der Waals surface area contributed by atoms with Gasteiger partial charge in [-0.25, -0.2) is 0 Å². The molecule has 0 radical (unpaired) electrons. The first-order valence-corrected chi connectivity index (χ1v) is 8.96. The van der Waals surface area contributed by atoms with Gasteiger partial charge in [-0.3, -0.25) is 9.78 Å². The summed E-state index contributed by atoms with van der Waals surface area (Å²) in [4.78, 5) is 21.0. The van der Waals surface area contributed by atoms with Crippen molar-refractivity contribution in [1.82, 2.24) is 14.8 Å². The number of nitrogens with zero attached hydrogens (tertiary/aromatic N) is 3. The molecule has 0 aliphatic carbocycles. The lowest BCUT2D eigenvalue weighted by molar-refractivity contribution is 0.0658. The SMILES string of the molecule is COc1ccc(CCNc2ccnc(C(=O)N3CCN(C)CC3)c2)cc1. The van der Waals surface area contributed by atoms with Crippen LogP contribution in [0.15, 0.2) is 42.6 Å². The minimum Gasteiger partial charge on any atom is -0.497 e. The Kier molecular flexibility index (Phi) is 6.07. The predicted octanol–water partition coefficient (Wildman–Crippen LogP) is 2.13. The monoisotopic (exact) mass is 354 g/mol. The lowest BCUT2D eigenvalue weighted by Gasteiger charge is -2.32. The molecule has 0 atom stereocenters. The number of aromatic nitrogens is 1. The second-order valence-corrected chi connectivity index (χ2v) is 6.55. The summed E-state index contributed by atoms with van der Waals surface area (Å²) >= 11 is 0. The first-order chi connectivity index (χ1) is 12.7. The molecule has 2 aromatic rings. The van der Waals surface area contributed by atoms with E-state index in [2.05, 4.69) is 34.4 Å². The van der Waals surface area contributed by atoms with Crippen LogP contribution in [0.25, 0.3) is 0 Å². The van der Waals surface area contributed by atoms with Gasteiger partial charge in [-0.2, -0.15) is 0 Å². The molecule has 1 fully saturated rings. The van der Waals surface area contributed by atoms with Crippen molar-refractivity contribution in [1.29, 1.82) is 0 Å². The zero-order valence-electron chi connectivity index (χ0n) is 15.4. The molecule has 1 aromatic heterocycles. The summed E-state index contributed by atoms with van der Waals surface area (Å²) in [5.74, 6) is 0.875. The zero-order chi connectivity index (χ0) is 18.4. The quantitative estimate of drug-likeness (QED) is 0.861. The van der Waals surface area contributed by atoms with Crippen molar-refractivity contribution in [3.8, 4) is 5.75 Å². The van der Waals surface area contributed by atoms with Crippen LogP contribution in [0.2, 0.25) is 0 Å². The Balaban J connectivity index is 1.54. The third-order valence-corrected chi connectivity index (χ3v) is 4.67. The van der Waals surface area contributed by atoms with Crippen LogP contribution in [-0.4, -0.2) is 67.6 Å². The smallest absolute Gasteiger partial charge is 0.272 e. The number of ether oxygens (including phenoxy) is 1. The van der Waals surface area contributed by atoms with Gasteiger partial charge in [-0.1, -0.05) is 12.1 Å². The molecule has 0 bridgehead atoms. The van der Waals surface area contributed by atoms with E-state index in [1.54, 1.807) is 13.3 Å². The number of nitrogens with one attached hydrogen (secondary N) is 1. The maximum Gasteiger partial charge on any atom is 0.272 e. The van der Waals surface area contributed by atoms with E-state index < -0.39 is 0 Å². The van der Waals surface area contributed by atoms with Crippen LogP contribution in [0, 0.1) is 0 Å². The minimum absolute atomic E-state index is 0.0110. The summed E-state index contributed by atoms with van der Waals surface area (Å²) < 4.78 is 5.17. The van der Waals surface area contributed by atoms with E-state index in [4.69, 9.17) is 4.74 Å². The van der Waals surface area contributed by atoms with Crippen LogP contribution in [0.5, 0.6) is 5.75 Å². The summed E-state index contributed by atoms with van der Waals surface area (Å²) in [5.41, 5.74) is 2.66. The van der Waals surface area contributed by atoms with E-state index in [0.29, 0.717) is 5.69 Å². The number of rotatable bonds is 6. The Morgan fingerprint density at radius 3 is 2.58 bits per heavy atom. The van der Waals surface area contributed by atoms with Crippen molar-refractivity contribution in [3.05, 3.63) is 53.9 Å². The van der Waals surface area contributed by atoms with Gasteiger partial charge in [-0.15, -0.1) is 0 Å². The lowest BCUT2D eigenvalue weighted by Crippen LogP contribution is -2.47. The fourth-order valence-electron chi connectivity index (χ4n) is 2.97. The second-order valence-electron chi connectivity index (χ2n) is 6.55. The normalized spacial score (nSPS) is 14.9. The topological polar surface area (TPSA) is 57.7 Å². The van der Waals surface area contributed by atoms with Crippen molar-refractivity contribution in [2.24, 2.45) is 0 Å². The van der Waals surface area contributed by atoms with E-state index in [0.717, 1.165) is 50.6 Å². The average Bonchev–Trinajstić information content (AvgIpc) is 2.69. The first-order valence-electron chi connectivity index (χ1n) is 8.96. The van der Waals surface area contributed by atoms with Gasteiger partial charge >= 0.3 is 0 Å². The van der Waals surface area contributed by atoms with Crippen LogP contribution < -0.4 is 10.1 Å². The standard InChI is InChI=1S/C20H26N4O2/c1-23-11-13-24(14-12-23)20(25)19-15-17(8-10-22-19)21-9-7-16-3-5-18(26-2)6-4-16/h3-6,8,10,15H,7,9,11-14H2,1-2H3,(H,21,22). The van der Waals surface area contributed by atoms with E-state index >= 15 is 0 Å². The Labute approximate surface area is 154 Å². The van der Waals surface area contributed by atoms with Gasteiger partial charge in [0.25, 0.3) is 5.91 Å². The maximum atomic E-state index is 12.6. The third kappa shape index (κ3) is 4.73. The molecule has 1 aliphatic heterocycles. The van der Waals surface area contributed by atoms with Crippen molar-refractivity contribution in [2.75, 3.05) is 52.2 Å². The second kappa shape index (κ2) is 8.67. The molecule has 0 unspecified atom stereocenters. The van der Waals surface area contributed by atoms with Crippen molar-refractivity contribution < 1.29 is 9.53 Å². The number of methoxy groups -OCH3 is 1. The summed E-state index contributed by atoms with van der Waals surface area (Å²) in [6.07, 6.45) is 2.59. The van der Waals surface area contributed by atoms with Gasteiger partial charge in [0.1, 0.15) is 11.4 Å². The Bertz CT molecular complexity index is 725. The number of likely N-dealkylation sites (N-methyl/N-ethyl adjacent to an activating group) is 1. The molecule has 1 saturated heterocycles. The van der Waals surface area contributed by atoms with Crippen LogP contribution in [0.3, 0.4) is 0 Å². The summed E-state index contributed by atoms with van der Waals surface area (Å²) in [6.45, 7) is 4.12. The molecule has 1 aliphatic rings. The van der Waals surface area contributed by atoms with Gasteiger partial charge in [0.2, 0.25) is 0 Å². The molecule has 3 rings (SSSR count). The maximum absolute atomic E-state index is 12.6. The highest BCUT2D eigenvalue weighted by molar-refractivity contribution is 5.93. The minimum atomic E-state index is 0.0110. The molecular formula is C20H26N4O2. The number of hydrogen-bond donors (Lipinski definition) is 1. The van der Waals surface area contributed by atoms with E-state index in [1.165, 1.54) is 5.56 Å². The number of anilines is 1. The van der Waals surface area contributed by atoms with E-state index in [-0.39, 0.29) is 5.91 Å². The molecular weight excluding hydrogens is 328 g/mol. The van der Waals surface area contributed by atoms with Gasteiger partial charge in [0, 0.05) is 44.6 Å². The molecule has 1 aromatic carbocycles. The first kappa shape index (κ1) is 18.2. The average molecular weight is 354 g/mol. The predicted molar refractivity (Wildman–Crippen MR) is 103 cm³/mol. The van der Waals surface area contributed by atoms with Gasteiger partial charge in [0.05, 0.1) is 7.11 Å². The summed E-state index contributed by atoms with van der Waals surface area (Å²) in [6, 6.07) is 11.8. The highest BCUT2D eigenvalue weighted by Crippen LogP contribution is 2.14. The van der Waals surface area contributed by atoms with Crippen molar-refractivity contribution >= 4 is 11.6 Å². The molecule has 1 amide bonds. The highest BCUT2D eigenvalue weighted by atomic mass is 16.5. The van der Waals surface area contributed by atoms with Gasteiger partial charge in [-0.05, 0) is 43.3 Å². The van der Waals surface area contributed by atoms with Crippen LogP contribution in [0.4, 0.5) is 5.69 Å². The highest BCUT2D eigenvalue weighted by Gasteiger charge is 2.21. The number of benzene rings is 1. The molecule has 1 N–H and O–H groups in total. The van der Waals surface area contributed by atoms with Crippen LogP contribution >= 0.6 is 0 Å². The van der Waals surface area contributed by atoms with Crippen molar-refractivity contribution in [3.63, 3.8) is 0 Å². The fraction of sp³-hybridized carbons (Fsp3) is 0.400. The number of amides is 1. The Hall–Kier alpha value is -2.60. The van der Waals surface area contributed by atoms with Gasteiger partial charge in [0.15, 0.2) is 0 Å². The Morgan fingerprint density at radius 2 is 1.88 bits per heavy atom. The zero-order valence-corrected chi connectivity index (χ0v) is 15.4. The molecule has 6 nitrogen and oxygen atoms in total. The van der Waals surface area contributed by atoms with Crippen LogP contribution in [0.1, 0.15) is 16.1 Å². The number of pyridine rings is 1. The van der Waals surface area contributed by atoms with Crippen LogP contribution in [-0.2, 0) is 6.42 Å². The lowest BCUT2D eigenvalue weighted by atomic mass is 10.1. The molecule has 0 saturated carbocycles. The number of piperazine rings is 1. The molecule has 2 heterocycles. The third-order valence-electron chi connectivity index (χ3n) is 4.67. The fourth-order valence-corrected chi connectivity index (χ4v) is 2.97. The molecule has 26 heavy (non-hydrogen) atoms. The summed E-state index contributed by atoms with van der Waals surface area (Å²) in [7, 11) is 3.74. The largest absolute Gasteiger partial charge is 0.497 e. The van der Waals surface area contributed by atoms with E-state index in [9.17, 15) is 4.79 Å². The molecule has 0 spiro atoms. The van der Waals surface area contributed by atoms with E-state index in [1.807, 2.05) is 29.2 Å². The Morgan fingerprint density at radius 1 is 1.15 bits per heavy atom. The van der Waals surface area contributed by atoms with Gasteiger partial charge < -0.3 is 19.9 Å². The summed E-state index contributed by atoms with van der Waals surface area (Å²) in [5, 5.41) is 3.38. The molecule has 138 valence electrons. The number of carbonyl (C=O) groups is 1. The number of carbonyl (C=O) groups excluding carboxylic acids is 1. The number of hydrogen-bond acceptors (Lipinski definition) is 5. The van der Waals surface area contributed by atoms with Crippen molar-refractivity contribution in [2.45, 2.75) is 6.42 Å². The molecule has 6 heteroatoms.